The molecule has 0 bridgehead atoms. The third-order valence-electron chi connectivity index (χ3n) is 3.39. The van der Waals surface area contributed by atoms with E-state index in [0.717, 1.165) is 0 Å². The van der Waals surface area contributed by atoms with Crippen molar-refractivity contribution in [2.24, 2.45) is 5.73 Å². The van der Waals surface area contributed by atoms with E-state index in [-0.39, 0.29) is 18.0 Å². The maximum atomic E-state index is 10.9. The molecule has 100 valence electrons. The quantitative estimate of drug-likeness (QED) is 0.841. The lowest BCUT2D eigenvalue weighted by molar-refractivity contribution is -0.118. The van der Waals surface area contributed by atoms with Crippen LogP contribution in [0.5, 0.6) is 0 Å². The minimum Gasteiger partial charge on any atom is -0.370 e. The van der Waals surface area contributed by atoms with Gasteiger partial charge in [-0.05, 0) is 56.9 Å². The van der Waals surface area contributed by atoms with E-state index in [0.29, 0.717) is 6.42 Å². The maximum Gasteiger partial charge on any atom is 0.218 e. The fourth-order valence-electron chi connectivity index (χ4n) is 2.33. The number of carbonyl (C=O) groups is 1. The molecule has 0 spiro atoms. The van der Waals surface area contributed by atoms with Crippen LogP contribution < -0.4 is 11.1 Å². The predicted octanol–water partition coefficient (Wildman–Crippen LogP) is 2.53. The number of benzene rings is 1. The normalized spacial score (nSPS) is 14.3. The number of nitrogens with two attached hydrogens (primary N) is 1. The van der Waals surface area contributed by atoms with Gasteiger partial charge in [0.05, 0.1) is 0 Å². The Morgan fingerprint density at radius 3 is 2.28 bits per heavy atom. The summed E-state index contributed by atoms with van der Waals surface area (Å²) in [6.45, 7) is 10.5. The molecule has 2 unspecified atom stereocenters. The Balaban J connectivity index is 2.81. The van der Waals surface area contributed by atoms with E-state index in [1.807, 2.05) is 6.92 Å². The summed E-state index contributed by atoms with van der Waals surface area (Å²) >= 11 is 0. The van der Waals surface area contributed by atoms with Crippen molar-refractivity contribution in [3.63, 3.8) is 0 Å². The molecule has 1 rings (SSSR count). The topological polar surface area (TPSA) is 55.1 Å². The first-order valence-corrected chi connectivity index (χ1v) is 6.43. The van der Waals surface area contributed by atoms with E-state index in [9.17, 15) is 4.79 Å². The number of carbonyl (C=O) groups excluding carboxylic acids is 1. The average Bonchev–Trinajstić information content (AvgIpc) is 2.21. The average molecular weight is 248 g/mol. The van der Waals surface area contributed by atoms with Gasteiger partial charge in [0.25, 0.3) is 0 Å². The lowest BCUT2D eigenvalue weighted by Crippen LogP contribution is -2.33. The van der Waals surface area contributed by atoms with Gasteiger partial charge in [0.2, 0.25) is 5.91 Å². The highest BCUT2D eigenvalue weighted by molar-refractivity contribution is 5.74. The van der Waals surface area contributed by atoms with Crippen molar-refractivity contribution in [3.8, 4) is 0 Å². The van der Waals surface area contributed by atoms with Crippen molar-refractivity contribution in [2.75, 3.05) is 0 Å². The van der Waals surface area contributed by atoms with Crippen molar-refractivity contribution in [2.45, 2.75) is 53.1 Å². The zero-order valence-electron chi connectivity index (χ0n) is 12.0. The molecule has 0 aliphatic rings. The van der Waals surface area contributed by atoms with Gasteiger partial charge in [-0.15, -0.1) is 0 Å². The Hall–Kier alpha value is -1.35. The van der Waals surface area contributed by atoms with Crippen LogP contribution in [0, 0.1) is 20.8 Å². The van der Waals surface area contributed by atoms with Crippen LogP contribution in [-0.4, -0.2) is 11.9 Å². The summed E-state index contributed by atoms with van der Waals surface area (Å²) in [6.07, 6.45) is 0.369. The highest BCUT2D eigenvalue weighted by Gasteiger charge is 2.13. The van der Waals surface area contributed by atoms with Gasteiger partial charge in [0.1, 0.15) is 0 Å². The number of hydrogen-bond donors (Lipinski definition) is 2. The second-order valence-electron chi connectivity index (χ2n) is 5.25. The third-order valence-corrected chi connectivity index (χ3v) is 3.39. The van der Waals surface area contributed by atoms with Crippen LogP contribution in [-0.2, 0) is 4.79 Å². The number of hydrogen-bond acceptors (Lipinski definition) is 2. The number of nitrogens with one attached hydrogen (secondary N) is 1. The first-order valence-electron chi connectivity index (χ1n) is 6.43. The lowest BCUT2D eigenvalue weighted by Gasteiger charge is -2.22. The fourth-order valence-corrected chi connectivity index (χ4v) is 2.33. The van der Waals surface area contributed by atoms with Gasteiger partial charge in [-0.2, -0.15) is 0 Å². The second-order valence-corrected chi connectivity index (χ2v) is 5.25. The molecule has 1 aromatic carbocycles. The molecule has 0 aliphatic carbocycles. The van der Waals surface area contributed by atoms with E-state index in [2.05, 4.69) is 45.1 Å². The molecule has 3 N–H and O–H groups in total. The van der Waals surface area contributed by atoms with Crippen molar-refractivity contribution in [1.29, 1.82) is 0 Å². The van der Waals surface area contributed by atoms with Crippen LogP contribution >= 0.6 is 0 Å². The molecule has 3 heteroatoms. The largest absolute Gasteiger partial charge is 0.370 e. The van der Waals surface area contributed by atoms with E-state index >= 15 is 0 Å². The van der Waals surface area contributed by atoms with Gasteiger partial charge in [0.15, 0.2) is 0 Å². The van der Waals surface area contributed by atoms with E-state index in [4.69, 9.17) is 5.73 Å². The highest BCUT2D eigenvalue weighted by Crippen LogP contribution is 2.22. The van der Waals surface area contributed by atoms with E-state index in [1.165, 1.54) is 22.3 Å². The number of aryl methyl sites for hydroxylation is 3. The summed E-state index contributed by atoms with van der Waals surface area (Å²) in [5.41, 5.74) is 10.4. The molecule has 2 atom stereocenters. The van der Waals surface area contributed by atoms with Crippen LogP contribution in [0.2, 0.25) is 0 Å². The molecule has 0 saturated heterocycles. The molecule has 0 radical (unpaired) electrons. The van der Waals surface area contributed by atoms with E-state index < -0.39 is 0 Å². The molecule has 0 heterocycles. The SMILES string of the molecule is Cc1cc(C)c(C(C)NC(C)CC(N)=O)cc1C. The highest BCUT2D eigenvalue weighted by atomic mass is 16.1. The molecule has 0 fully saturated rings. The maximum absolute atomic E-state index is 10.9. The monoisotopic (exact) mass is 248 g/mol. The van der Waals surface area contributed by atoms with Crippen molar-refractivity contribution in [1.82, 2.24) is 5.32 Å². The van der Waals surface area contributed by atoms with Gasteiger partial charge in [-0.3, -0.25) is 4.79 Å². The van der Waals surface area contributed by atoms with E-state index in [1.54, 1.807) is 0 Å². The third kappa shape index (κ3) is 3.84. The van der Waals surface area contributed by atoms with Crippen LogP contribution in [0.4, 0.5) is 0 Å². The standard InChI is InChI=1S/C15H24N2O/c1-9-6-11(3)14(7-10(9)2)13(5)17-12(4)8-15(16)18/h6-7,12-13,17H,8H2,1-5H3,(H2,16,18). The first kappa shape index (κ1) is 14.7. The summed E-state index contributed by atoms with van der Waals surface area (Å²) in [5, 5.41) is 3.41. The van der Waals surface area contributed by atoms with Crippen LogP contribution in [0.3, 0.4) is 0 Å². The Morgan fingerprint density at radius 1 is 1.17 bits per heavy atom. The molecule has 0 aliphatic heterocycles. The van der Waals surface area contributed by atoms with Crippen molar-refractivity contribution in [3.05, 3.63) is 34.4 Å². The van der Waals surface area contributed by atoms with Gasteiger partial charge < -0.3 is 11.1 Å². The number of primary amides is 1. The van der Waals surface area contributed by atoms with Crippen LogP contribution in [0.25, 0.3) is 0 Å². The Labute approximate surface area is 110 Å². The van der Waals surface area contributed by atoms with Gasteiger partial charge in [-0.25, -0.2) is 0 Å². The zero-order chi connectivity index (χ0) is 13.9. The first-order chi connectivity index (χ1) is 8.31. The molecule has 1 amide bonds. The predicted molar refractivity (Wildman–Crippen MR) is 75.5 cm³/mol. The number of amides is 1. The zero-order valence-corrected chi connectivity index (χ0v) is 12.0. The fraction of sp³-hybridized carbons (Fsp3) is 0.533. The van der Waals surface area contributed by atoms with Crippen LogP contribution in [0.1, 0.15) is 48.6 Å². The summed E-state index contributed by atoms with van der Waals surface area (Å²) in [5.74, 6) is -0.265. The summed E-state index contributed by atoms with van der Waals surface area (Å²) < 4.78 is 0. The Bertz CT molecular complexity index is 440. The summed E-state index contributed by atoms with van der Waals surface area (Å²) in [6, 6.07) is 4.75. The Morgan fingerprint density at radius 2 is 1.72 bits per heavy atom. The number of rotatable bonds is 5. The lowest BCUT2D eigenvalue weighted by atomic mass is 9.96. The molecule has 0 aromatic heterocycles. The summed E-state index contributed by atoms with van der Waals surface area (Å²) in [7, 11) is 0. The molecule has 3 nitrogen and oxygen atoms in total. The minimum absolute atomic E-state index is 0.0958. The molecular formula is C15H24N2O. The summed E-state index contributed by atoms with van der Waals surface area (Å²) in [4.78, 5) is 10.9. The van der Waals surface area contributed by atoms with Crippen molar-refractivity contribution < 1.29 is 4.79 Å². The molecule has 0 saturated carbocycles. The molecular weight excluding hydrogens is 224 g/mol. The second kappa shape index (κ2) is 6.01. The molecule has 1 aromatic rings. The van der Waals surface area contributed by atoms with Crippen molar-refractivity contribution >= 4 is 5.91 Å². The Kier molecular flexibility index (Phi) is 4.91. The smallest absolute Gasteiger partial charge is 0.218 e. The van der Waals surface area contributed by atoms with Crippen LogP contribution in [0.15, 0.2) is 12.1 Å². The molecule has 18 heavy (non-hydrogen) atoms. The van der Waals surface area contributed by atoms with Gasteiger partial charge >= 0.3 is 0 Å². The van der Waals surface area contributed by atoms with Gasteiger partial charge in [-0.1, -0.05) is 12.1 Å². The minimum atomic E-state index is -0.265. The van der Waals surface area contributed by atoms with Gasteiger partial charge in [0, 0.05) is 18.5 Å².